The number of hydrogen-bond acceptors (Lipinski definition) is 3. The molecule has 0 aliphatic carbocycles. The van der Waals surface area contributed by atoms with Gasteiger partial charge in [0.05, 0.1) is 5.69 Å². The van der Waals surface area contributed by atoms with Gasteiger partial charge in [0, 0.05) is 16.3 Å². The Morgan fingerprint density at radius 1 is 0.966 bits per heavy atom. The topological polar surface area (TPSA) is 59.8 Å². The van der Waals surface area contributed by atoms with Crippen LogP contribution in [0, 0.1) is 13.8 Å². The molecule has 0 bridgehead atoms. The van der Waals surface area contributed by atoms with Crippen LogP contribution in [0.1, 0.15) is 21.7 Å². The van der Waals surface area contributed by atoms with Crippen molar-refractivity contribution in [2.75, 3.05) is 5.32 Å². The van der Waals surface area contributed by atoms with Crippen molar-refractivity contribution in [2.24, 2.45) is 0 Å². The van der Waals surface area contributed by atoms with E-state index < -0.39 is 0 Å². The number of amides is 1. The van der Waals surface area contributed by atoms with Crippen LogP contribution in [-0.2, 0) is 0 Å². The summed E-state index contributed by atoms with van der Waals surface area (Å²) in [5, 5.41) is 7.95. The van der Waals surface area contributed by atoms with Gasteiger partial charge in [0.2, 0.25) is 5.82 Å². The third-order valence-electron chi connectivity index (χ3n) is 4.51. The molecule has 4 rings (SSSR count). The molecule has 1 amide bonds. The van der Waals surface area contributed by atoms with Crippen LogP contribution in [0.2, 0.25) is 5.02 Å². The molecule has 4 aromatic rings. The number of nitrogens with zero attached hydrogens (tertiary/aromatic N) is 3. The van der Waals surface area contributed by atoms with Crippen LogP contribution in [0.4, 0.5) is 5.69 Å². The highest BCUT2D eigenvalue weighted by Gasteiger charge is 2.20. The van der Waals surface area contributed by atoms with Gasteiger partial charge in [0.1, 0.15) is 0 Å². The number of carbonyl (C=O) groups excluding carboxylic acids is 1. The van der Waals surface area contributed by atoms with Crippen molar-refractivity contribution in [3.63, 3.8) is 0 Å². The zero-order valence-corrected chi connectivity index (χ0v) is 16.8. The summed E-state index contributed by atoms with van der Waals surface area (Å²) in [5.41, 5.74) is 4.51. The van der Waals surface area contributed by atoms with Gasteiger partial charge in [-0.15, -0.1) is 5.10 Å². The van der Waals surface area contributed by atoms with Crippen LogP contribution in [0.15, 0.2) is 72.8 Å². The summed E-state index contributed by atoms with van der Waals surface area (Å²) >= 11 is 6.19. The van der Waals surface area contributed by atoms with E-state index in [9.17, 15) is 4.79 Å². The number of aryl methyl sites for hydroxylation is 2. The van der Waals surface area contributed by atoms with E-state index >= 15 is 0 Å². The Morgan fingerprint density at radius 2 is 1.76 bits per heavy atom. The van der Waals surface area contributed by atoms with Crippen molar-refractivity contribution >= 4 is 23.2 Å². The van der Waals surface area contributed by atoms with Crippen molar-refractivity contribution in [3.05, 3.63) is 94.8 Å². The molecule has 0 aliphatic rings. The monoisotopic (exact) mass is 402 g/mol. The largest absolute Gasteiger partial charge is 0.319 e. The van der Waals surface area contributed by atoms with Crippen LogP contribution in [-0.4, -0.2) is 20.7 Å². The van der Waals surface area contributed by atoms with Crippen molar-refractivity contribution in [1.29, 1.82) is 0 Å². The molecule has 0 spiro atoms. The fourth-order valence-corrected chi connectivity index (χ4v) is 3.33. The first-order valence-corrected chi connectivity index (χ1v) is 9.56. The molecule has 3 aromatic carbocycles. The van der Waals surface area contributed by atoms with Gasteiger partial charge >= 0.3 is 0 Å². The number of nitrogens with one attached hydrogen (secondary N) is 1. The minimum Gasteiger partial charge on any atom is -0.319 e. The lowest BCUT2D eigenvalue weighted by molar-refractivity contribution is 0.101. The number of halogens is 1. The third kappa shape index (κ3) is 4.05. The molecular formula is C23H19ClN4O. The molecule has 1 N–H and O–H groups in total. The summed E-state index contributed by atoms with van der Waals surface area (Å²) in [4.78, 5) is 17.3. The summed E-state index contributed by atoms with van der Waals surface area (Å²) < 4.78 is 1.69. The van der Waals surface area contributed by atoms with E-state index in [1.54, 1.807) is 10.7 Å². The highest BCUT2D eigenvalue weighted by atomic mass is 35.5. The number of aromatic nitrogens is 3. The normalized spacial score (nSPS) is 10.7. The van der Waals surface area contributed by atoms with Gasteiger partial charge in [0.25, 0.3) is 5.91 Å². The number of benzene rings is 3. The Morgan fingerprint density at radius 3 is 2.48 bits per heavy atom. The zero-order valence-electron chi connectivity index (χ0n) is 16.1. The molecule has 0 saturated carbocycles. The SMILES string of the molecule is Cc1ccc(-n2nc(C(=O)Nc3ccccc3)nc2-c2cccc(Cl)c2)c(C)c1. The smallest absolute Gasteiger partial charge is 0.295 e. The van der Waals surface area contributed by atoms with Gasteiger partial charge in [-0.1, -0.05) is 59.6 Å². The lowest BCUT2D eigenvalue weighted by Crippen LogP contribution is -2.14. The summed E-state index contributed by atoms with van der Waals surface area (Å²) in [5.74, 6) is 0.268. The number of para-hydroxylation sites is 1. The maximum Gasteiger partial charge on any atom is 0.295 e. The van der Waals surface area contributed by atoms with E-state index in [0.717, 1.165) is 22.4 Å². The zero-order chi connectivity index (χ0) is 20.4. The summed E-state index contributed by atoms with van der Waals surface area (Å²) in [6, 6.07) is 22.6. The van der Waals surface area contributed by atoms with Crippen LogP contribution >= 0.6 is 11.6 Å². The Bertz CT molecular complexity index is 1180. The molecule has 0 saturated heterocycles. The van der Waals surface area contributed by atoms with Crippen molar-refractivity contribution < 1.29 is 4.79 Å². The first-order chi connectivity index (χ1) is 14.0. The van der Waals surface area contributed by atoms with E-state index in [0.29, 0.717) is 16.5 Å². The van der Waals surface area contributed by atoms with Crippen LogP contribution < -0.4 is 5.32 Å². The molecule has 5 nitrogen and oxygen atoms in total. The second kappa shape index (κ2) is 7.89. The molecule has 0 radical (unpaired) electrons. The third-order valence-corrected chi connectivity index (χ3v) is 4.74. The minimum atomic E-state index is -0.372. The molecule has 6 heteroatoms. The summed E-state index contributed by atoms with van der Waals surface area (Å²) in [6.07, 6.45) is 0. The predicted octanol–water partition coefficient (Wildman–Crippen LogP) is 5.46. The van der Waals surface area contributed by atoms with Crippen molar-refractivity contribution in [2.45, 2.75) is 13.8 Å². The second-order valence-electron chi connectivity index (χ2n) is 6.79. The summed E-state index contributed by atoms with van der Waals surface area (Å²) in [6.45, 7) is 4.05. The van der Waals surface area contributed by atoms with E-state index in [-0.39, 0.29) is 11.7 Å². The van der Waals surface area contributed by atoms with E-state index in [1.807, 2.05) is 74.5 Å². The standard InChI is InChI=1S/C23H19ClN4O/c1-15-11-12-20(16(2)13-15)28-22(17-7-6-8-18(24)14-17)26-21(27-28)23(29)25-19-9-4-3-5-10-19/h3-14H,1-2H3,(H,25,29). The predicted molar refractivity (Wildman–Crippen MR) is 116 cm³/mol. The fraction of sp³-hybridized carbons (Fsp3) is 0.0870. The lowest BCUT2D eigenvalue weighted by Gasteiger charge is -2.10. The Balaban J connectivity index is 1.81. The van der Waals surface area contributed by atoms with Crippen molar-refractivity contribution in [1.82, 2.24) is 14.8 Å². The van der Waals surface area contributed by atoms with Crippen LogP contribution in [0.5, 0.6) is 0 Å². The van der Waals surface area contributed by atoms with Gasteiger partial charge in [-0.05, 0) is 49.7 Å². The molecule has 1 heterocycles. The van der Waals surface area contributed by atoms with E-state index in [4.69, 9.17) is 11.6 Å². The first kappa shape index (κ1) is 18.9. The number of hydrogen-bond donors (Lipinski definition) is 1. The molecule has 144 valence electrons. The van der Waals surface area contributed by atoms with Gasteiger partial charge in [0.15, 0.2) is 5.82 Å². The van der Waals surface area contributed by atoms with Gasteiger partial charge in [-0.25, -0.2) is 9.67 Å². The molecule has 0 atom stereocenters. The maximum atomic E-state index is 12.8. The quantitative estimate of drug-likeness (QED) is 0.493. The van der Waals surface area contributed by atoms with Gasteiger partial charge < -0.3 is 5.32 Å². The van der Waals surface area contributed by atoms with Gasteiger partial charge in [-0.2, -0.15) is 0 Å². The average Bonchev–Trinajstić information content (AvgIpc) is 3.14. The first-order valence-electron chi connectivity index (χ1n) is 9.18. The molecule has 0 aliphatic heterocycles. The van der Waals surface area contributed by atoms with E-state index in [1.165, 1.54) is 0 Å². The Kier molecular flexibility index (Phi) is 5.14. The van der Waals surface area contributed by atoms with E-state index in [2.05, 4.69) is 21.5 Å². The minimum absolute atomic E-state index is 0.0869. The number of rotatable bonds is 4. The van der Waals surface area contributed by atoms with Crippen molar-refractivity contribution in [3.8, 4) is 17.1 Å². The average molecular weight is 403 g/mol. The number of carbonyl (C=O) groups is 1. The van der Waals surface area contributed by atoms with Gasteiger partial charge in [-0.3, -0.25) is 4.79 Å². The fourth-order valence-electron chi connectivity index (χ4n) is 3.14. The highest BCUT2D eigenvalue weighted by Crippen LogP contribution is 2.26. The Labute approximate surface area is 174 Å². The molecule has 0 fully saturated rings. The molecule has 29 heavy (non-hydrogen) atoms. The maximum absolute atomic E-state index is 12.8. The lowest BCUT2D eigenvalue weighted by atomic mass is 10.1. The molecule has 1 aromatic heterocycles. The second-order valence-corrected chi connectivity index (χ2v) is 7.23. The van der Waals surface area contributed by atoms with Crippen LogP contribution in [0.25, 0.3) is 17.1 Å². The van der Waals surface area contributed by atoms with Crippen LogP contribution in [0.3, 0.4) is 0 Å². The molecule has 0 unspecified atom stereocenters. The number of anilines is 1. The molecular weight excluding hydrogens is 384 g/mol. The highest BCUT2D eigenvalue weighted by molar-refractivity contribution is 6.30. The summed E-state index contributed by atoms with van der Waals surface area (Å²) in [7, 11) is 0. The Hall–Kier alpha value is -3.44.